The first kappa shape index (κ1) is 12.7. The molecular weight excluding hydrogens is 280 g/mol. The van der Waals surface area contributed by atoms with E-state index < -0.39 is 0 Å². The van der Waals surface area contributed by atoms with Crippen LogP contribution in [-0.2, 0) is 13.6 Å². The van der Waals surface area contributed by atoms with Crippen molar-refractivity contribution in [2.75, 3.05) is 0 Å². The first-order chi connectivity index (χ1) is 11.3. The Balaban J connectivity index is 1.83. The van der Waals surface area contributed by atoms with Gasteiger partial charge in [-0.15, -0.1) is 0 Å². The third kappa shape index (κ3) is 1.85. The largest absolute Gasteiger partial charge is 0.243 e. The van der Waals surface area contributed by atoms with Gasteiger partial charge in [-0.05, 0) is 32.3 Å². The molecule has 0 amide bonds. The SMILES string of the molecule is C[n+]1ccn(Cc2ccc3ccc4cccc5ccc2c3c45)c1. The second-order valence-corrected chi connectivity index (χ2v) is 6.33. The van der Waals surface area contributed by atoms with Crippen molar-refractivity contribution < 1.29 is 4.57 Å². The minimum atomic E-state index is 0.898. The molecule has 0 bridgehead atoms. The van der Waals surface area contributed by atoms with Gasteiger partial charge in [0, 0.05) is 5.56 Å². The van der Waals surface area contributed by atoms with Crippen molar-refractivity contribution in [2.24, 2.45) is 7.05 Å². The summed E-state index contributed by atoms with van der Waals surface area (Å²) in [5, 5.41) is 8.13. The van der Waals surface area contributed by atoms with E-state index >= 15 is 0 Å². The van der Waals surface area contributed by atoms with Gasteiger partial charge in [0.2, 0.25) is 6.33 Å². The first-order valence-electron chi connectivity index (χ1n) is 7.96. The average Bonchev–Trinajstić information content (AvgIpc) is 2.99. The first-order valence-corrected chi connectivity index (χ1v) is 7.96. The molecule has 5 rings (SSSR count). The third-order valence-corrected chi connectivity index (χ3v) is 4.80. The molecule has 0 fully saturated rings. The molecule has 1 aromatic heterocycles. The van der Waals surface area contributed by atoms with Gasteiger partial charge >= 0.3 is 0 Å². The molecule has 0 saturated heterocycles. The Morgan fingerprint density at radius 2 is 1.52 bits per heavy atom. The average molecular weight is 297 g/mol. The molecular formula is C21H17N2+. The Bertz CT molecular complexity index is 1130. The summed E-state index contributed by atoms with van der Waals surface area (Å²) >= 11 is 0. The van der Waals surface area contributed by atoms with Crippen LogP contribution < -0.4 is 4.57 Å². The van der Waals surface area contributed by atoms with Gasteiger partial charge in [-0.2, -0.15) is 0 Å². The highest BCUT2D eigenvalue weighted by Crippen LogP contribution is 2.35. The summed E-state index contributed by atoms with van der Waals surface area (Å²) in [6, 6.07) is 20.1. The van der Waals surface area contributed by atoms with E-state index in [0.29, 0.717) is 0 Å². The number of benzene rings is 4. The lowest BCUT2D eigenvalue weighted by Crippen LogP contribution is -2.23. The second-order valence-electron chi connectivity index (χ2n) is 6.33. The van der Waals surface area contributed by atoms with Gasteiger partial charge in [-0.3, -0.25) is 0 Å². The Kier molecular flexibility index (Phi) is 2.51. The van der Waals surface area contributed by atoms with Crippen LogP contribution in [0.3, 0.4) is 0 Å². The van der Waals surface area contributed by atoms with Crippen LogP contribution in [0, 0.1) is 0 Å². The van der Waals surface area contributed by atoms with Gasteiger partial charge in [-0.1, -0.05) is 54.6 Å². The van der Waals surface area contributed by atoms with E-state index in [9.17, 15) is 0 Å². The summed E-state index contributed by atoms with van der Waals surface area (Å²) in [6.45, 7) is 0.898. The molecule has 5 aromatic rings. The molecule has 0 atom stereocenters. The molecule has 0 saturated carbocycles. The summed E-state index contributed by atoms with van der Waals surface area (Å²) in [5.74, 6) is 0. The van der Waals surface area contributed by atoms with Crippen molar-refractivity contribution in [2.45, 2.75) is 6.54 Å². The van der Waals surface area contributed by atoms with Crippen LogP contribution in [-0.4, -0.2) is 4.57 Å². The van der Waals surface area contributed by atoms with E-state index in [-0.39, 0.29) is 0 Å². The van der Waals surface area contributed by atoms with Gasteiger partial charge < -0.3 is 0 Å². The van der Waals surface area contributed by atoms with E-state index in [0.717, 1.165) is 6.54 Å². The Hall–Kier alpha value is -2.87. The van der Waals surface area contributed by atoms with E-state index in [1.807, 2.05) is 0 Å². The van der Waals surface area contributed by atoms with Crippen LogP contribution in [0.15, 0.2) is 73.3 Å². The molecule has 4 aromatic carbocycles. The van der Waals surface area contributed by atoms with E-state index in [4.69, 9.17) is 0 Å². The van der Waals surface area contributed by atoms with Crippen LogP contribution in [0.4, 0.5) is 0 Å². The van der Waals surface area contributed by atoms with Gasteiger partial charge in [0.1, 0.15) is 18.9 Å². The highest BCUT2D eigenvalue weighted by Gasteiger charge is 2.12. The smallest absolute Gasteiger partial charge is 0.240 e. The number of hydrogen-bond acceptors (Lipinski definition) is 0. The Morgan fingerprint density at radius 3 is 2.26 bits per heavy atom. The Morgan fingerprint density at radius 1 is 0.826 bits per heavy atom. The van der Waals surface area contributed by atoms with Crippen LogP contribution in [0.2, 0.25) is 0 Å². The zero-order chi connectivity index (χ0) is 15.4. The van der Waals surface area contributed by atoms with Crippen LogP contribution in [0.5, 0.6) is 0 Å². The molecule has 0 spiro atoms. The van der Waals surface area contributed by atoms with Crippen molar-refractivity contribution >= 4 is 32.3 Å². The summed E-state index contributed by atoms with van der Waals surface area (Å²) in [6.07, 6.45) is 6.33. The summed E-state index contributed by atoms with van der Waals surface area (Å²) in [7, 11) is 2.06. The van der Waals surface area contributed by atoms with Gasteiger partial charge in [0.25, 0.3) is 0 Å². The predicted octanol–water partition coefficient (Wildman–Crippen LogP) is 4.26. The van der Waals surface area contributed by atoms with Gasteiger partial charge in [0.15, 0.2) is 0 Å². The molecule has 0 N–H and O–H groups in total. The molecule has 0 unspecified atom stereocenters. The molecule has 0 aliphatic carbocycles. The molecule has 2 heteroatoms. The van der Waals surface area contributed by atoms with E-state index in [1.54, 1.807) is 0 Å². The zero-order valence-electron chi connectivity index (χ0n) is 13.0. The lowest BCUT2D eigenvalue weighted by atomic mass is 9.92. The molecule has 0 aliphatic heterocycles. The molecule has 110 valence electrons. The maximum atomic E-state index is 2.28. The van der Waals surface area contributed by atoms with E-state index in [1.165, 1.54) is 37.9 Å². The topological polar surface area (TPSA) is 8.81 Å². The number of nitrogens with zero attached hydrogens (tertiary/aromatic N) is 2. The quantitative estimate of drug-likeness (QED) is 0.340. The maximum absolute atomic E-state index is 2.28. The molecule has 1 heterocycles. The second kappa shape index (κ2) is 4.56. The fraction of sp³-hybridized carbons (Fsp3) is 0.0952. The molecule has 0 aliphatic rings. The van der Waals surface area contributed by atoms with Gasteiger partial charge in [0.05, 0.1) is 7.05 Å². The minimum Gasteiger partial charge on any atom is -0.240 e. The number of hydrogen-bond donors (Lipinski definition) is 0. The van der Waals surface area contributed by atoms with Crippen molar-refractivity contribution in [3.05, 3.63) is 78.9 Å². The number of rotatable bonds is 2. The summed E-state index contributed by atoms with van der Waals surface area (Å²) in [5.41, 5.74) is 1.37. The van der Waals surface area contributed by atoms with Crippen molar-refractivity contribution in [3.63, 3.8) is 0 Å². The fourth-order valence-electron chi connectivity index (χ4n) is 3.73. The lowest BCUT2D eigenvalue weighted by Gasteiger charge is -2.13. The minimum absolute atomic E-state index is 0.898. The predicted molar refractivity (Wildman–Crippen MR) is 94.9 cm³/mol. The standard InChI is InChI=1S/C21H17N2/c1-22-11-12-23(14-22)13-18-8-7-17-6-5-15-3-2-4-16-9-10-19(18)21(17)20(15)16/h2-12,14H,13H2,1H3/q+1. The lowest BCUT2D eigenvalue weighted by molar-refractivity contribution is -0.671. The zero-order valence-corrected chi connectivity index (χ0v) is 13.0. The van der Waals surface area contributed by atoms with Crippen LogP contribution in [0.25, 0.3) is 32.3 Å². The van der Waals surface area contributed by atoms with E-state index in [2.05, 4.69) is 89.5 Å². The fourth-order valence-corrected chi connectivity index (χ4v) is 3.73. The van der Waals surface area contributed by atoms with Crippen LogP contribution >= 0.6 is 0 Å². The van der Waals surface area contributed by atoms with Crippen molar-refractivity contribution in [3.8, 4) is 0 Å². The highest BCUT2D eigenvalue weighted by molar-refractivity contribution is 6.23. The Labute approximate surface area is 134 Å². The number of aromatic nitrogens is 2. The normalized spacial score (nSPS) is 11.9. The molecule has 0 radical (unpaired) electrons. The molecule has 23 heavy (non-hydrogen) atoms. The third-order valence-electron chi connectivity index (χ3n) is 4.80. The van der Waals surface area contributed by atoms with Crippen molar-refractivity contribution in [1.29, 1.82) is 0 Å². The van der Waals surface area contributed by atoms with Gasteiger partial charge in [-0.25, -0.2) is 9.13 Å². The van der Waals surface area contributed by atoms with Crippen LogP contribution in [0.1, 0.15) is 5.56 Å². The van der Waals surface area contributed by atoms with Crippen molar-refractivity contribution in [1.82, 2.24) is 4.57 Å². The summed E-state index contributed by atoms with van der Waals surface area (Å²) in [4.78, 5) is 0. The monoisotopic (exact) mass is 297 g/mol. The maximum Gasteiger partial charge on any atom is 0.243 e. The highest BCUT2D eigenvalue weighted by atomic mass is 15.1. The molecule has 2 nitrogen and oxygen atoms in total. The summed E-state index contributed by atoms with van der Waals surface area (Å²) < 4.78 is 4.31. The number of imidazole rings is 1. The number of aryl methyl sites for hydroxylation is 1.